The summed E-state index contributed by atoms with van der Waals surface area (Å²) in [6, 6.07) is 4.77. The van der Waals surface area contributed by atoms with Crippen LogP contribution in [0.25, 0.3) is 0 Å². The lowest BCUT2D eigenvalue weighted by Gasteiger charge is -2.12. The smallest absolute Gasteiger partial charge is 0.273 e. The van der Waals surface area contributed by atoms with Crippen molar-refractivity contribution in [2.75, 3.05) is 0 Å². The number of nitro benzene ring substituents is 1. The summed E-state index contributed by atoms with van der Waals surface area (Å²) in [6.45, 7) is 9.50. The van der Waals surface area contributed by atoms with Gasteiger partial charge in [0, 0.05) is 6.07 Å². The molecule has 0 saturated carbocycles. The highest BCUT2D eigenvalue weighted by atomic mass is 16.6. The second kappa shape index (κ2) is 4.96. The van der Waals surface area contributed by atoms with E-state index in [1.165, 1.54) is 12.1 Å². The van der Waals surface area contributed by atoms with Gasteiger partial charge in [0.15, 0.2) is 0 Å². The van der Waals surface area contributed by atoms with E-state index in [0.717, 1.165) is 5.56 Å². The van der Waals surface area contributed by atoms with Gasteiger partial charge in [0.2, 0.25) is 0 Å². The van der Waals surface area contributed by atoms with Crippen molar-refractivity contribution in [1.82, 2.24) is 0 Å². The highest BCUT2D eigenvalue weighted by molar-refractivity contribution is 5.44. The van der Waals surface area contributed by atoms with Crippen LogP contribution in [0.1, 0.15) is 32.3 Å². The van der Waals surface area contributed by atoms with Crippen molar-refractivity contribution in [3.05, 3.63) is 40.8 Å². The van der Waals surface area contributed by atoms with Gasteiger partial charge in [0.05, 0.1) is 17.1 Å². The number of hydrogen-bond acceptors (Lipinski definition) is 3. The van der Waals surface area contributed by atoms with Crippen molar-refractivity contribution in [1.29, 1.82) is 0 Å². The molecule has 0 bridgehead atoms. The zero-order valence-corrected chi connectivity index (χ0v) is 9.77. The molecule has 1 atom stereocenters. The molecule has 0 saturated heterocycles. The van der Waals surface area contributed by atoms with Crippen molar-refractivity contribution in [3.8, 4) is 5.75 Å². The van der Waals surface area contributed by atoms with Crippen molar-refractivity contribution in [2.24, 2.45) is 0 Å². The minimum atomic E-state index is -0.418. The molecule has 16 heavy (non-hydrogen) atoms. The molecule has 1 radical (unpaired) electrons. The molecule has 87 valence electrons. The molecule has 0 N–H and O–H groups in total. The Kier molecular flexibility index (Phi) is 3.88. The van der Waals surface area contributed by atoms with Crippen LogP contribution in [0.3, 0.4) is 0 Å². The number of non-ortho nitro benzene ring substituents is 1. The number of nitrogens with zero attached hydrogens (tertiary/aromatic N) is 1. The summed E-state index contributed by atoms with van der Waals surface area (Å²) in [5.41, 5.74) is 0.855. The van der Waals surface area contributed by atoms with Gasteiger partial charge >= 0.3 is 0 Å². The van der Waals surface area contributed by atoms with Gasteiger partial charge < -0.3 is 4.74 Å². The minimum absolute atomic E-state index is 0.00465. The van der Waals surface area contributed by atoms with Crippen LogP contribution < -0.4 is 4.74 Å². The Balaban J connectivity index is 3.13. The molecule has 0 amide bonds. The summed E-state index contributed by atoms with van der Waals surface area (Å²) < 4.78 is 5.46. The summed E-state index contributed by atoms with van der Waals surface area (Å²) >= 11 is 0. The molecule has 1 rings (SSSR count). The highest BCUT2D eigenvalue weighted by Gasteiger charge is 2.13. The summed E-state index contributed by atoms with van der Waals surface area (Å²) in [4.78, 5) is 10.3. The molecule has 1 unspecified atom stereocenters. The largest absolute Gasteiger partial charge is 0.491 e. The molecule has 1 aromatic carbocycles. The Morgan fingerprint density at radius 1 is 1.31 bits per heavy atom. The summed E-state index contributed by atoms with van der Waals surface area (Å²) in [7, 11) is 0. The van der Waals surface area contributed by atoms with E-state index in [9.17, 15) is 10.1 Å². The van der Waals surface area contributed by atoms with E-state index in [0.29, 0.717) is 5.75 Å². The lowest BCUT2D eigenvalue weighted by Crippen LogP contribution is -2.06. The monoisotopic (exact) mass is 222 g/mol. The first-order valence-corrected chi connectivity index (χ1v) is 5.19. The van der Waals surface area contributed by atoms with Gasteiger partial charge in [0.1, 0.15) is 5.75 Å². The summed E-state index contributed by atoms with van der Waals surface area (Å²) in [5, 5.41) is 10.7. The van der Waals surface area contributed by atoms with E-state index in [4.69, 9.17) is 4.74 Å². The molecule has 0 fully saturated rings. The average Bonchev–Trinajstić information content (AvgIpc) is 2.15. The molecular weight excluding hydrogens is 206 g/mol. The molecule has 0 spiro atoms. The van der Waals surface area contributed by atoms with Crippen LogP contribution in [0.5, 0.6) is 5.75 Å². The van der Waals surface area contributed by atoms with Gasteiger partial charge in [-0.15, -0.1) is 0 Å². The van der Waals surface area contributed by atoms with Crippen LogP contribution in [0.2, 0.25) is 0 Å². The third kappa shape index (κ3) is 3.22. The number of rotatable bonds is 4. The first-order valence-electron chi connectivity index (χ1n) is 5.19. The predicted molar refractivity (Wildman–Crippen MR) is 62.6 cm³/mol. The topological polar surface area (TPSA) is 52.4 Å². The van der Waals surface area contributed by atoms with Crippen molar-refractivity contribution < 1.29 is 9.66 Å². The van der Waals surface area contributed by atoms with Crippen molar-refractivity contribution in [2.45, 2.75) is 32.8 Å². The number of hydrogen-bond donors (Lipinski definition) is 0. The predicted octanol–water partition coefficient (Wildman–Crippen LogP) is 3.32. The Hall–Kier alpha value is -1.58. The second-order valence-corrected chi connectivity index (χ2v) is 4.09. The Morgan fingerprint density at radius 2 is 1.94 bits per heavy atom. The molecule has 0 heterocycles. The van der Waals surface area contributed by atoms with Crippen LogP contribution in [-0.4, -0.2) is 11.0 Å². The maximum Gasteiger partial charge on any atom is 0.273 e. The van der Waals surface area contributed by atoms with Crippen molar-refractivity contribution >= 4 is 5.69 Å². The Morgan fingerprint density at radius 3 is 2.38 bits per heavy atom. The molecule has 0 aromatic heterocycles. The van der Waals surface area contributed by atoms with Gasteiger partial charge in [-0.3, -0.25) is 10.1 Å². The first kappa shape index (κ1) is 12.5. The fourth-order valence-electron chi connectivity index (χ4n) is 1.34. The van der Waals surface area contributed by atoms with Crippen LogP contribution in [0.15, 0.2) is 18.2 Å². The SMILES string of the molecule is [CH2]C(C)c1cc(OC(C)C)cc([N+](=O)[O-])c1. The normalized spacial score (nSPS) is 10.9. The molecule has 1 aromatic rings. The molecule has 4 nitrogen and oxygen atoms in total. The quantitative estimate of drug-likeness (QED) is 0.580. The number of benzene rings is 1. The van der Waals surface area contributed by atoms with Crippen LogP contribution in [0.4, 0.5) is 5.69 Å². The van der Waals surface area contributed by atoms with Crippen LogP contribution in [0, 0.1) is 17.0 Å². The van der Waals surface area contributed by atoms with Crippen LogP contribution >= 0.6 is 0 Å². The van der Waals surface area contributed by atoms with E-state index < -0.39 is 4.92 Å². The molecule has 0 aliphatic heterocycles. The van der Waals surface area contributed by atoms with E-state index in [1.807, 2.05) is 20.8 Å². The van der Waals surface area contributed by atoms with Gasteiger partial charge in [-0.25, -0.2) is 0 Å². The number of ether oxygens (including phenoxy) is 1. The summed E-state index contributed by atoms with van der Waals surface area (Å²) in [6.07, 6.45) is -0.00465. The third-order valence-corrected chi connectivity index (χ3v) is 2.07. The lowest BCUT2D eigenvalue weighted by atomic mass is 10.0. The Labute approximate surface area is 95.4 Å². The molecule has 4 heteroatoms. The van der Waals surface area contributed by atoms with Crippen LogP contribution in [-0.2, 0) is 0 Å². The van der Waals surface area contributed by atoms with E-state index >= 15 is 0 Å². The fourth-order valence-corrected chi connectivity index (χ4v) is 1.34. The van der Waals surface area contributed by atoms with Gasteiger partial charge in [-0.1, -0.05) is 6.92 Å². The minimum Gasteiger partial charge on any atom is -0.491 e. The Bertz CT molecular complexity index is 386. The second-order valence-electron chi connectivity index (χ2n) is 4.09. The third-order valence-electron chi connectivity index (χ3n) is 2.07. The van der Waals surface area contributed by atoms with E-state index in [1.54, 1.807) is 6.07 Å². The highest BCUT2D eigenvalue weighted by Crippen LogP contribution is 2.27. The first-order chi connectivity index (χ1) is 7.40. The lowest BCUT2D eigenvalue weighted by molar-refractivity contribution is -0.385. The maximum absolute atomic E-state index is 10.7. The van der Waals surface area contributed by atoms with Crippen molar-refractivity contribution in [3.63, 3.8) is 0 Å². The molecule has 0 aliphatic rings. The number of nitro groups is 1. The molecule has 0 aliphatic carbocycles. The zero-order chi connectivity index (χ0) is 12.3. The zero-order valence-electron chi connectivity index (χ0n) is 9.77. The van der Waals surface area contributed by atoms with Gasteiger partial charge in [0.25, 0.3) is 5.69 Å². The van der Waals surface area contributed by atoms with E-state index in [-0.39, 0.29) is 17.7 Å². The van der Waals surface area contributed by atoms with E-state index in [2.05, 4.69) is 6.92 Å². The standard InChI is InChI=1S/C12H16NO3/c1-8(2)10-5-11(13(14)15)7-12(6-10)16-9(3)4/h5-9H,1H2,2-4H3. The average molecular weight is 222 g/mol. The van der Waals surface area contributed by atoms with Gasteiger partial charge in [-0.05, 0) is 38.3 Å². The fraction of sp³-hybridized carbons (Fsp3) is 0.417. The molecular formula is C12H16NO3. The van der Waals surface area contributed by atoms with Gasteiger partial charge in [-0.2, -0.15) is 0 Å². The maximum atomic E-state index is 10.7. The summed E-state index contributed by atoms with van der Waals surface area (Å²) in [5.74, 6) is 0.518.